The highest BCUT2D eigenvalue weighted by molar-refractivity contribution is 5.89. The van der Waals surface area contributed by atoms with E-state index in [1.54, 1.807) is 32.0 Å². The van der Waals surface area contributed by atoms with E-state index in [1.807, 2.05) is 0 Å². The molecule has 4 N–H and O–H groups in total. The SMILES string of the molecule is COCCNC(=O)C(C)NC(=O)C(N)c1cnn(C)c1. The molecule has 8 heteroatoms. The minimum atomic E-state index is -0.849. The fourth-order valence-corrected chi connectivity index (χ4v) is 1.55. The van der Waals surface area contributed by atoms with Gasteiger partial charge in [0.25, 0.3) is 0 Å². The van der Waals surface area contributed by atoms with Crippen LogP contribution in [0.4, 0.5) is 0 Å². The van der Waals surface area contributed by atoms with Crippen LogP contribution in [-0.2, 0) is 21.4 Å². The number of hydrogen-bond donors (Lipinski definition) is 3. The highest BCUT2D eigenvalue weighted by Gasteiger charge is 2.21. The summed E-state index contributed by atoms with van der Waals surface area (Å²) in [7, 11) is 3.28. The summed E-state index contributed by atoms with van der Waals surface area (Å²) in [5.74, 6) is -0.707. The van der Waals surface area contributed by atoms with Crippen molar-refractivity contribution in [1.82, 2.24) is 20.4 Å². The standard InChI is InChI=1S/C12H21N5O3/c1-8(11(18)14-4-5-20-3)16-12(19)10(13)9-6-15-17(2)7-9/h6-8,10H,4-5,13H2,1-3H3,(H,14,18)(H,16,19). The molecule has 0 saturated heterocycles. The number of rotatable bonds is 7. The summed E-state index contributed by atoms with van der Waals surface area (Å²) in [5, 5.41) is 9.14. The largest absolute Gasteiger partial charge is 0.383 e. The van der Waals surface area contributed by atoms with Crippen molar-refractivity contribution >= 4 is 11.8 Å². The summed E-state index contributed by atoms with van der Waals surface area (Å²) < 4.78 is 6.38. The normalized spacial score (nSPS) is 13.6. The van der Waals surface area contributed by atoms with Crippen LogP contribution in [0.5, 0.6) is 0 Å². The van der Waals surface area contributed by atoms with Crippen molar-refractivity contribution in [2.75, 3.05) is 20.3 Å². The number of ether oxygens (including phenoxy) is 1. The van der Waals surface area contributed by atoms with Crippen LogP contribution in [0.15, 0.2) is 12.4 Å². The zero-order valence-electron chi connectivity index (χ0n) is 11.9. The molecule has 0 radical (unpaired) electrons. The Hall–Kier alpha value is -1.93. The van der Waals surface area contributed by atoms with Gasteiger partial charge in [0, 0.05) is 32.5 Å². The molecule has 20 heavy (non-hydrogen) atoms. The van der Waals surface area contributed by atoms with Gasteiger partial charge in [-0.25, -0.2) is 0 Å². The third kappa shape index (κ3) is 4.63. The monoisotopic (exact) mass is 283 g/mol. The van der Waals surface area contributed by atoms with E-state index in [2.05, 4.69) is 15.7 Å². The van der Waals surface area contributed by atoms with Crippen LogP contribution in [0.2, 0.25) is 0 Å². The minimum Gasteiger partial charge on any atom is -0.383 e. The summed E-state index contributed by atoms with van der Waals surface area (Å²) in [4.78, 5) is 23.6. The number of amides is 2. The molecule has 2 unspecified atom stereocenters. The Balaban J connectivity index is 2.46. The van der Waals surface area contributed by atoms with E-state index in [9.17, 15) is 9.59 Å². The third-order valence-corrected chi connectivity index (χ3v) is 2.72. The summed E-state index contributed by atoms with van der Waals surface area (Å²) in [5.41, 5.74) is 6.40. The molecule has 1 heterocycles. The zero-order chi connectivity index (χ0) is 15.1. The van der Waals surface area contributed by atoms with Crippen LogP contribution < -0.4 is 16.4 Å². The van der Waals surface area contributed by atoms with E-state index in [-0.39, 0.29) is 5.91 Å². The number of hydrogen-bond acceptors (Lipinski definition) is 5. The van der Waals surface area contributed by atoms with Gasteiger partial charge in [-0.2, -0.15) is 5.10 Å². The lowest BCUT2D eigenvalue weighted by atomic mass is 10.1. The molecule has 0 spiro atoms. The van der Waals surface area contributed by atoms with Crippen LogP contribution in [0.25, 0.3) is 0 Å². The van der Waals surface area contributed by atoms with E-state index < -0.39 is 18.0 Å². The topological polar surface area (TPSA) is 111 Å². The first kappa shape index (κ1) is 16.1. The zero-order valence-corrected chi connectivity index (χ0v) is 11.9. The van der Waals surface area contributed by atoms with E-state index in [1.165, 1.54) is 6.20 Å². The maximum Gasteiger partial charge on any atom is 0.242 e. The van der Waals surface area contributed by atoms with E-state index >= 15 is 0 Å². The molecule has 0 aliphatic rings. The molecule has 0 saturated carbocycles. The van der Waals surface area contributed by atoms with Gasteiger partial charge in [-0.05, 0) is 6.92 Å². The molecule has 2 atom stereocenters. The maximum absolute atomic E-state index is 11.9. The van der Waals surface area contributed by atoms with Gasteiger partial charge in [0.1, 0.15) is 12.1 Å². The van der Waals surface area contributed by atoms with E-state index in [0.29, 0.717) is 18.7 Å². The molecule has 1 aromatic rings. The number of nitrogens with zero attached hydrogens (tertiary/aromatic N) is 2. The van der Waals surface area contributed by atoms with Gasteiger partial charge in [-0.3, -0.25) is 14.3 Å². The first-order valence-corrected chi connectivity index (χ1v) is 6.27. The van der Waals surface area contributed by atoms with E-state index in [0.717, 1.165) is 0 Å². The van der Waals surface area contributed by atoms with Crippen LogP contribution in [0, 0.1) is 0 Å². The molecule has 1 aromatic heterocycles. The van der Waals surface area contributed by atoms with Gasteiger partial charge in [0.05, 0.1) is 12.8 Å². The number of aryl methyl sites for hydroxylation is 1. The summed E-state index contributed by atoms with van der Waals surface area (Å²) in [6.07, 6.45) is 3.18. The molecule has 0 bridgehead atoms. The minimum absolute atomic E-state index is 0.284. The van der Waals surface area contributed by atoms with Gasteiger partial charge in [0.15, 0.2) is 0 Å². The number of aromatic nitrogens is 2. The van der Waals surface area contributed by atoms with Crippen molar-refractivity contribution in [2.45, 2.75) is 19.0 Å². The fraction of sp³-hybridized carbons (Fsp3) is 0.583. The maximum atomic E-state index is 11.9. The summed E-state index contributed by atoms with van der Waals surface area (Å²) >= 11 is 0. The predicted molar refractivity (Wildman–Crippen MR) is 72.6 cm³/mol. The van der Waals surface area contributed by atoms with E-state index in [4.69, 9.17) is 10.5 Å². The number of nitrogens with two attached hydrogens (primary N) is 1. The lowest BCUT2D eigenvalue weighted by Gasteiger charge is -2.16. The summed E-state index contributed by atoms with van der Waals surface area (Å²) in [6, 6.07) is -1.51. The Morgan fingerprint density at radius 3 is 2.75 bits per heavy atom. The Bertz CT molecular complexity index is 460. The Labute approximate surface area is 117 Å². The molecule has 112 valence electrons. The van der Waals surface area contributed by atoms with Crippen molar-refractivity contribution in [3.8, 4) is 0 Å². The fourth-order valence-electron chi connectivity index (χ4n) is 1.55. The summed E-state index contributed by atoms with van der Waals surface area (Å²) in [6.45, 7) is 2.40. The van der Waals surface area contributed by atoms with Crippen molar-refractivity contribution in [3.63, 3.8) is 0 Å². The van der Waals surface area contributed by atoms with Gasteiger partial charge in [-0.15, -0.1) is 0 Å². The second-order valence-electron chi connectivity index (χ2n) is 4.44. The van der Waals surface area contributed by atoms with Crippen molar-refractivity contribution < 1.29 is 14.3 Å². The van der Waals surface area contributed by atoms with Crippen LogP contribution in [0.3, 0.4) is 0 Å². The number of methoxy groups -OCH3 is 1. The van der Waals surface area contributed by atoms with Gasteiger partial charge in [0.2, 0.25) is 11.8 Å². The van der Waals surface area contributed by atoms with Crippen molar-refractivity contribution in [1.29, 1.82) is 0 Å². The third-order valence-electron chi connectivity index (χ3n) is 2.72. The van der Waals surface area contributed by atoms with Gasteiger partial charge >= 0.3 is 0 Å². The predicted octanol–water partition coefficient (Wildman–Crippen LogP) is -1.31. The lowest BCUT2D eigenvalue weighted by Crippen LogP contribution is -2.48. The Morgan fingerprint density at radius 1 is 1.50 bits per heavy atom. The molecule has 1 rings (SSSR count). The first-order chi connectivity index (χ1) is 9.45. The van der Waals surface area contributed by atoms with Crippen LogP contribution in [-0.4, -0.2) is 47.9 Å². The smallest absolute Gasteiger partial charge is 0.242 e. The van der Waals surface area contributed by atoms with Crippen molar-refractivity contribution in [3.05, 3.63) is 18.0 Å². The number of nitrogens with one attached hydrogen (secondary N) is 2. The molecule has 0 aromatic carbocycles. The molecular weight excluding hydrogens is 262 g/mol. The van der Waals surface area contributed by atoms with Crippen LogP contribution in [0.1, 0.15) is 18.5 Å². The Kier molecular flexibility index (Phi) is 6.13. The van der Waals surface area contributed by atoms with Crippen molar-refractivity contribution in [2.24, 2.45) is 12.8 Å². The first-order valence-electron chi connectivity index (χ1n) is 6.27. The quantitative estimate of drug-likeness (QED) is 0.538. The number of carbonyl (C=O) groups is 2. The Morgan fingerprint density at radius 2 is 2.20 bits per heavy atom. The van der Waals surface area contributed by atoms with Gasteiger partial charge < -0.3 is 21.1 Å². The second kappa shape index (κ2) is 7.61. The molecule has 0 aliphatic heterocycles. The highest BCUT2D eigenvalue weighted by atomic mass is 16.5. The molecule has 0 aliphatic carbocycles. The molecular formula is C12H21N5O3. The second-order valence-corrected chi connectivity index (χ2v) is 4.44. The van der Waals surface area contributed by atoms with Gasteiger partial charge in [-0.1, -0.05) is 0 Å². The molecule has 0 fully saturated rings. The number of carbonyl (C=O) groups excluding carboxylic acids is 2. The average Bonchev–Trinajstić information content (AvgIpc) is 2.84. The molecule has 8 nitrogen and oxygen atoms in total. The highest BCUT2D eigenvalue weighted by Crippen LogP contribution is 2.08. The van der Waals surface area contributed by atoms with Crippen LogP contribution >= 0.6 is 0 Å². The molecule has 2 amide bonds. The lowest BCUT2D eigenvalue weighted by molar-refractivity contribution is -0.129. The average molecular weight is 283 g/mol.